The Morgan fingerprint density at radius 1 is 1.41 bits per heavy atom. The minimum absolute atomic E-state index is 0.354. The average molecular weight is 250 g/mol. The molecule has 0 aliphatic rings. The smallest absolute Gasteiger partial charge is 0.355 e. The van der Waals surface area contributed by atoms with Crippen LogP contribution in [-0.2, 0) is 4.74 Å². The lowest BCUT2D eigenvalue weighted by atomic mass is 10.1. The molecule has 1 aromatic heterocycles. The van der Waals surface area contributed by atoms with E-state index in [9.17, 15) is 4.79 Å². The summed E-state index contributed by atoms with van der Waals surface area (Å²) in [6, 6.07) is 9.19. The molecule has 0 aliphatic carbocycles. The van der Waals surface area contributed by atoms with Crippen LogP contribution in [0.3, 0.4) is 0 Å². The maximum atomic E-state index is 11.7. The van der Waals surface area contributed by atoms with E-state index >= 15 is 0 Å². The summed E-state index contributed by atoms with van der Waals surface area (Å²) in [5, 5.41) is 0.638. The fraction of sp³-hybridized carbons (Fsp3) is 0.154. The summed E-state index contributed by atoms with van der Waals surface area (Å²) < 4.78 is 4.98. The lowest BCUT2D eigenvalue weighted by molar-refractivity contribution is 0.0521. The molecule has 2 aromatic rings. The molecule has 0 atom stereocenters. The van der Waals surface area contributed by atoms with Crippen molar-refractivity contribution in [3.63, 3.8) is 0 Å². The van der Waals surface area contributed by atoms with E-state index in [1.807, 2.05) is 24.3 Å². The highest BCUT2D eigenvalue weighted by Crippen LogP contribution is 2.25. The standard InChI is InChI=1S/C13H12ClNO2/c1-2-17-13(16)12-11(6-7-15-12)9-4-3-5-10(14)8-9/h3-8,15H,2H2,1H3. The Morgan fingerprint density at radius 3 is 2.94 bits per heavy atom. The Hall–Kier alpha value is -1.74. The number of esters is 1. The van der Waals surface area contributed by atoms with Crippen molar-refractivity contribution in [2.24, 2.45) is 0 Å². The van der Waals surface area contributed by atoms with Crippen molar-refractivity contribution < 1.29 is 9.53 Å². The molecule has 0 radical (unpaired) electrons. The Kier molecular flexibility index (Phi) is 3.49. The summed E-state index contributed by atoms with van der Waals surface area (Å²) in [5.74, 6) is -0.354. The maximum absolute atomic E-state index is 11.7. The minimum Gasteiger partial charge on any atom is -0.461 e. The zero-order chi connectivity index (χ0) is 12.3. The second-order valence-corrected chi connectivity index (χ2v) is 3.93. The molecular formula is C13H12ClNO2. The number of aromatic amines is 1. The SMILES string of the molecule is CCOC(=O)c1[nH]ccc1-c1cccc(Cl)c1. The van der Waals surface area contributed by atoms with E-state index in [0.29, 0.717) is 17.3 Å². The van der Waals surface area contributed by atoms with E-state index in [1.54, 1.807) is 19.2 Å². The van der Waals surface area contributed by atoms with Gasteiger partial charge in [0, 0.05) is 16.8 Å². The van der Waals surface area contributed by atoms with Crippen LogP contribution in [-0.4, -0.2) is 17.6 Å². The largest absolute Gasteiger partial charge is 0.461 e. The fourth-order valence-electron chi connectivity index (χ4n) is 1.64. The number of ether oxygens (including phenoxy) is 1. The van der Waals surface area contributed by atoms with Crippen molar-refractivity contribution in [3.8, 4) is 11.1 Å². The van der Waals surface area contributed by atoms with Gasteiger partial charge in [-0.05, 0) is 30.7 Å². The second-order valence-electron chi connectivity index (χ2n) is 3.50. The predicted molar refractivity (Wildman–Crippen MR) is 67.2 cm³/mol. The highest BCUT2D eigenvalue weighted by Gasteiger charge is 2.14. The van der Waals surface area contributed by atoms with Crippen LogP contribution in [0.4, 0.5) is 0 Å². The molecule has 0 saturated heterocycles. The first-order valence-electron chi connectivity index (χ1n) is 5.33. The van der Waals surface area contributed by atoms with Gasteiger partial charge in [0.25, 0.3) is 0 Å². The third kappa shape index (κ3) is 2.50. The maximum Gasteiger partial charge on any atom is 0.355 e. The van der Waals surface area contributed by atoms with Gasteiger partial charge >= 0.3 is 5.97 Å². The number of carbonyl (C=O) groups is 1. The van der Waals surface area contributed by atoms with Crippen molar-refractivity contribution in [3.05, 3.63) is 47.2 Å². The molecule has 0 saturated carbocycles. The number of H-pyrrole nitrogens is 1. The molecule has 0 spiro atoms. The van der Waals surface area contributed by atoms with Crippen molar-refractivity contribution >= 4 is 17.6 Å². The first-order valence-corrected chi connectivity index (χ1v) is 5.70. The van der Waals surface area contributed by atoms with Crippen LogP contribution in [0.15, 0.2) is 36.5 Å². The van der Waals surface area contributed by atoms with Gasteiger partial charge in [-0.3, -0.25) is 0 Å². The van der Waals surface area contributed by atoms with Gasteiger partial charge in [0.1, 0.15) is 5.69 Å². The Balaban J connectivity index is 2.40. The van der Waals surface area contributed by atoms with Crippen LogP contribution in [0.25, 0.3) is 11.1 Å². The third-order valence-electron chi connectivity index (χ3n) is 2.36. The molecule has 0 bridgehead atoms. The van der Waals surface area contributed by atoms with E-state index in [2.05, 4.69) is 4.98 Å². The molecule has 88 valence electrons. The van der Waals surface area contributed by atoms with Gasteiger partial charge in [-0.1, -0.05) is 23.7 Å². The molecule has 0 fully saturated rings. The second kappa shape index (κ2) is 5.06. The van der Waals surface area contributed by atoms with Crippen molar-refractivity contribution in [1.29, 1.82) is 0 Å². The number of nitrogens with one attached hydrogen (secondary N) is 1. The van der Waals surface area contributed by atoms with Crippen LogP contribution in [0.2, 0.25) is 5.02 Å². The quantitative estimate of drug-likeness (QED) is 0.846. The van der Waals surface area contributed by atoms with Gasteiger partial charge in [0.2, 0.25) is 0 Å². The summed E-state index contributed by atoms with van der Waals surface area (Å²) in [6.07, 6.45) is 1.71. The highest BCUT2D eigenvalue weighted by atomic mass is 35.5. The zero-order valence-electron chi connectivity index (χ0n) is 9.37. The van der Waals surface area contributed by atoms with E-state index in [1.165, 1.54) is 0 Å². The normalized spacial score (nSPS) is 10.2. The van der Waals surface area contributed by atoms with E-state index < -0.39 is 0 Å². The molecular weight excluding hydrogens is 238 g/mol. The average Bonchev–Trinajstić information content (AvgIpc) is 2.78. The Morgan fingerprint density at radius 2 is 2.24 bits per heavy atom. The van der Waals surface area contributed by atoms with Gasteiger partial charge < -0.3 is 9.72 Å². The van der Waals surface area contributed by atoms with Crippen LogP contribution in [0.5, 0.6) is 0 Å². The number of aromatic nitrogens is 1. The molecule has 3 nitrogen and oxygen atoms in total. The number of hydrogen-bond acceptors (Lipinski definition) is 2. The number of carbonyl (C=O) groups excluding carboxylic acids is 1. The van der Waals surface area contributed by atoms with Crippen molar-refractivity contribution in [2.45, 2.75) is 6.92 Å². The van der Waals surface area contributed by atoms with Gasteiger partial charge in [0.05, 0.1) is 6.61 Å². The summed E-state index contributed by atoms with van der Waals surface area (Å²) in [5.41, 5.74) is 2.14. The monoisotopic (exact) mass is 249 g/mol. The first-order chi connectivity index (χ1) is 8.22. The first kappa shape index (κ1) is 11.7. The number of rotatable bonds is 3. The van der Waals surface area contributed by atoms with Crippen LogP contribution in [0, 0.1) is 0 Å². The van der Waals surface area contributed by atoms with E-state index in [0.717, 1.165) is 11.1 Å². The summed E-state index contributed by atoms with van der Waals surface area (Å²) in [4.78, 5) is 14.6. The summed E-state index contributed by atoms with van der Waals surface area (Å²) >= 11 is 5.93. The Bertz CT molecular complexity index is 534. The van der Waals surface area contributed by atoms with Gasteiger partial charge in [-0.2, -0.15) is 0 Å². The summed E-state index contributed by atoms with van der Waals surface area (Å²) in [6.45, 7) is 2.13. The minimum atomic E-state index is -0.354. The number of halogens is 1. The predicted octanol–water partition coefficient (Wildman–Crippen LogP) is 3.51. The van der Waals surface area contributed by atoms with Crippen LogP contribution in [0.1, 0.15) is 17.4 Å². The van der Waals surface area contributed by atoms with Gasteiger partial charge in [-0.25, -0.2) is 4.79 Å². The molecule has 2 rings (SSSR count). The molecule has 1 aromatic carbocycles. The van der Waals surface area contributed by atoms with E-state index in [-0.39, 0.29) is 5.97 Å². The zero-order valence-corrected chi connectivity index (χ0v) is 10.1. The molecule has 1 N–H and O–H groups in total. The topological polar surface area (TPSA) is 42.1 Å². The summed E-state index contributed by atoms with van der Waals surface area (Å²) in [7, 11) is 0. The van der Waals surface area contributed by atoms with Crippen molar-refractivity contribution in [1.82, 2.24) is 4.98 Å². The molecule has 4 heteroatoms. The molecule has 17 heavy (non-hydrogen) atoms. The van der Waals surface area contributed by atoms with Crippen LogP contribution >= 0.6 is 11.6 Å². The van der Waals surface area contributed by atoms with Gasteiger partial charge in [0.15, 0.2) is 0 Å². The number of hydrogen-bond donors (Lipinski definition) is 1. The molecule has 0 aliphatic heterocycles. The molecule has 0 unspecified atom stereocenters. The van der Waals surface area contributed by atoms with Crippen LogP contribution < -0.4 is 0 Å². The Labute approximate surface area is 104 Å². The fourth-order valence-corrected chi connectivity index (χ4v) is 1.83. The molecule has 0 amide bonds. The van der Waals surface area contributed by atoms with Crippen molar-refractivity contribution in [2.75, 3.05) is 6.61 Å². The lowest BCUT2D eigenvalue weighted by Crippen LogP contribution is -2.06. The lowest BCUT2D eigenvalue weighted by Gasteiger charge is -2.04. The number of benzene rings is 1. The third-order valence-corrected chi connectivity index (χ3v) is 2.60. The van der Waals surface area contributed by atoms with Gasteiger partial charge in [-0.15, -0.1) is 0 Å². The van der Waals surface area contributed by atoms with E-state index in [4.69, 9.17) is 16.3 Å². The molecule has 1 heterocycles. The highest BCUT2D eigenvalue weighted by molar-refractivity contribution is 6.30.